The van der Waals surface area contributed by atoms with Crippen molar-refractivity contribution in [2.45, 2.75) is 19.9 Å². The highest BCUT2D eigenvalue weighted by Crippen LogP contribution is 2.32. The predicted molar refractivity (Wildman–Crippen MR) is 68.9 cm³/mol. The molecule has 6 nitrogen and oxygen atoms in total. The molecule has 17 heavy (non-hydrogen) atoms. The standard InChI is InChI=1S/C11H16N4O2/c1-7(2)14(3)10-5-9(13)8(6-12)4-11(10)15(16)17/h4-7,12H,13H2,1-3H3. The molecule has 0 heterocycles. The molecule has 0 radical (unpaired) electrons. The molecule has 0 aliphatic carbocycles. The molecule has 0 spiro atoms. The van der Waals surface area contributed by atoms with Gasteiger partial charge in [0.15, 0.2) is 0 Å². The van der Waals surface area contributed by atoms with Crippen molar-refractivity contribution in [3.63, 3.8) is 0 Å². The summed E-state index contributed by atoms with van der Waals surface area (Å²) in [5, 5.41) is 18.1. The maximum Gasteiger partial charge on any atom is 0.293 e. The number of nitro groups is 1. The quantitative estimate of drug-likeness (QED) is 0.362. The summed E-state index contributed by atoms with van der Waals surface area (Å²) in [6.45, 7) is 3.87. The fraction of sp³-hybridized carbons (Fsp3) is 0.364. The number of nitrogens with two attached hydrogens (primary N) is 1. The Hall–Kier alpha value is -2.11. The molecule has 3 N–H and O–H groups in total. The van der Waals surface area contributed by atoms with Crippen molar-refractivity contribution in [2.75, 3.05) is 17.7 Å². The number of hydrogen-bond donors (Lipinski definition) is 2. The van der Waals surface area contributed by atoms with Crippen LogP contribution in [0.1, 0.15) is 19.4 Å². The van der Waals surface area contributed by atoms with Crippen LogP contribution in [0.25, 0.3) is 0 Å². The molecule has 1 aromatic carbocycles. The lowest BCUT2D eigenvalue weighted by atomic mass is 10.1. The minimum Gasteiger partial charge on any atom is -0.398 e. The summed E-state index contributed by atoms with van der Waals surface area (Å²) in [6.07, 6.45) is 1.02. The number of rotatable bonds is 4. The van der Waals surface area contributed by atoms with Crippen LogP contribution >= 0.6 is 0 Å². The lowest BCUT2D eigenvalue weighted by molar-refractivity contribution is -0.384. The second-order valence-electron chi connectivity index (χ2n) is 4.08. The first-order chi connectivity index (χ1) is 7.88. The third-order valence-electron chi connectivity index (χ3n) is 2.69. The summed E-state index contributed by atoms with van der Waals surface area (Å²) < 4.78 is 0. The number of nitrogens with zero attached hydrogens (tertiary/aromatic N) is 2. The van der Waals surface area contributed by atoms with E-state index < -0.39 is 4.92 Å². The van der Waals surface area contributed by atoms with E-state index in [1.165, 1.54) is 6.07 Å². The van der Waals surface area contributed by atoms with Gasteiger partial charge in [0, 0.05) is 36.6 Å². The Bertz CT molecular complexity index is 457. The first kappa shape index (κ1) is 13.0. The fourth-order valence-electron chi connectivity index (χ4n) is 1.44. The molecule has 0 saturated carbocycles. The molecule has 1 rings (SSSR count). The van der Waals surface area contributed by atoms with E-state index in [0.29, 0.717) is 16.9 Å². The summed E-state index contributed by atoms with van der Waals surface area (Å²) in [5.74, 6) is 0. The van der Waals surface area contributed by atoms with Crippen molar-refractivity contribution in [3.05, 3.63) is 27.8 Å². The monoisotopic (exact) mass is 236 g/mol. The zero-order valence-corrected chi connectivity index (χ0v) is 10.1. The number of nitrogen functional groups attached to an aromatic ring is 1. The highest BCUT2D eigenvalue weighted by atomic mass is 16.6. The van der Waals surface area contributed by atoms with Gasteiger partial charge in [0.25, 0.3) is 5.69 Å². The summed E-state index contributed by atoms with van der Waals surface area (Å²) in [6, 6.07) is 2.99. The molecular formula is C11H16N4O2. The molecule has 92 valence electrons. The van der Waals surface area contributed by atoms with Crippen LogP contribution in [0.5, 0.6) is 0 Å². The highest BCUT2D eigenvalue weighted by Gasteiger charge is 2.20. The van der Waals surface area contributed by atoms with Gasteiger partial charge in [-0.25, -0.2) is 0 Å². The number of nitro benzene ring substituents is 1. The lowest BCUT2D eigenvalue weighted by Crippen LogP contribution is -2.26. The van der Waals surface area contributed by atoms with Crippen LogP contribution in [0.3, 0.4) is 0 Å². The first-order valence-electron chi connectivity index (χ1n) is 5.19. The Labute approximate surface area is 99.7 Å². The van der Waals surface area contributed by atoms with Crippen molar-refractivity contribution in [2.24, 2.45) is 0 Å². The fourth-order valence-corrected chi connectivity index (χ4v) is 1.44. The third-order valence-corrected chi connectivity index (χ3v) is 2.69. The molecule has 0 amide bonds. The summed E-state index contributed by atoms with van der Waals surface area (Å²) >= 11 is 0. The summed E-state index contributed by atoms with van der Waals surface area (Å²) in [7, 11) is 1.77. The van der Waals surface area contributed by atoms with Gasteiger partial charge in [-0.05, 0) is 19.9 Å². The van der Waals surface area contributed by atoms with Crippen molar-refractivity contribution < 1.29 is 4.92 Å². The summed E-state index contributed by atoms with van der Waals surface area (Å²) in [5.41, 5.74) is 6.90. The van der Waals surface area contributed by atoms with Gasteiger partial charge in [0.05, 0.1) is 4.92 Å². The number of nitrogens with one attached hydrogen (secondary N) is 1. The van der Waals surface area contributed by atoms with Crippen molar-refractivity contribution in [3.8, 4) is 0 Å². The number of benzene rings is 1. The smallest absolute Gasteiger partial charge is 0.293 e. The van der Waals surface area contributed by atoms with Gasteiger partial charge in [-0.1, -0.05) is 0 Å². The van der Waals surface area contributed by atoms with E-state index in [0.717, 1.165) is 6.21 Å². The predicted octanol–water partition coefficient (Wildman–Crippen LogP) is 2.02. The Morgan fingerprint density at radius 3 is 2.53 bits per heavy atom. The van der Waals surface area contributed by atoms with Gasteiger partial charge in [-0.3, -0.25) is 10.1 Å². The molecule has 0 unspecified atom stereocenters. The third kappa shape index (κ3) is 2.52. The molecule has 0 bridgehead atoms. The van der Waals surface area contributed by atoms with Crippen LogP contribution in [0, 0.1) is 15.5 Å². The van der Waals surface area contributed by atoms with Gasteiger partial charge in [-0.15, -0.1) is 0 Å². The van der Waals surface area contributed by atoms with E-state index in [9.17, 15) is 10.1 Å². The lowest BCUT2D eigenvalue weighted by Gasteiger charge is -2.24. The number of hydrogen-bond acceptors (Lipinski definition) is 5. The minimum atomic E-state index is -0.458. The minimum absolute atomic E-state index is 0.0334. The van der Waals surface area contributed by atoms with Gasteiger partial charge in [0.1, 0.15) is 5.69 Å². The topological polar surface area (TPSA) is 96.2 Å². The molecule has 0 aliphatic rings. The van der Waals surface area contributed by atoms with E-state index in [1.54, 1.807) is 18.0 Å². The molecule has 0 aromatic heterocycles. The van der Waals surface area contributed by atoms with E-state index in [1.807, 2.05) is 13.8 Å². The normalized spacial score (nSPS) is 10.4. The average molecular weight is 236 g/mol. The maximum absolute atomic E-state index is 11.0. The van der Waals surface area contributed by atoms with E-state index in [2.05, 4.69) is 0 Å². The Morgan fingerprint density at radius 1 is 1.53 bits per heavy atom. The largest absolute Gasteiger partial charge is 0.398 e. The Kier molecular flexibility index (Phi) is 3.67. The van der Waals surface area contributed by atoms with Crippen LogP contribution in [-0.2, 0) is 0 Å². The molecule has 6 heteroatoms. The molecule has 1 aromatic rings. The van der Waals surface area contributed by atoms with E-state index >= 15 is 0 Å². The molecule has 0 saturated heterocycles. The molecule has 0 aliphatic heterocycles. The zero-order chi connectivity index (χ0) is 13.2. The van der Waals surface area contributed by atoms with Crippen molar-refractivity contribution >= 4 is 23.3 Å². The second-order valence-corrected chi connectivity index (χ2v) is 4.08. The second kappa shape index (κ2) is 4.82. The first-order valence-corrected chi connectivity index (χ1v) is 5.19. The number of anilines is 2. The van der Waals surface area contributed by atoms with Gasteiger partial charge >= 0.3 is 0 Å². The van der Waals surface area contributed by atoms with Crippen LogP contribution in [-0.4, -0.2) is 24.2 Å². The molecular weight excluding hydrogens is 220 g/mol. The van der Waals surface area contributed by atoms with Gasteiger partial charge in [0.2, 0.25) is 0 Å². The van der Waals surface area contributed by atoms with Crippen LogP contribution in [0.15, 0.2) is 12.1 Å². The Morgan fingerprint density at radius 2 is 2.12 bits per heavy atom. The van der Waals surface area contributed by atoms with Gasteiger partial charge < -0.3 is 16.0 Å². The molecule has 0 fully saturated rings. The van der Waals surface area contributed by atoms with Crippen LogP contribution in [0.2, 0.25) is 0 Å². The average Bonchev–Trinajstić information content (AvgIpc) is 2.27. The van der Waals surface area contributed by atoms with Crippen LogP contribution in [0.4, 0.5) is 17.1 Å². The summed E-state index contributed by atoms with van der Waals surface area (Å²) in [4.78, 5) is 12.3. The maximum atomic E-state index is 11.0. The van der Waals surface area contributed by atoms with Crippen LogP contribution < -0.4 is 10.6 Å². The van der Waals surface area contributed by atoms with E-state index in [4.69, 9.17) is 11.1 Å². The van der Waals surface area contributed by atoms with E-state index in [-0.39, 0.29) is 11.7 Å². The SMILES string of the molecule is CC(C)N(C)c1cc(N)c(C=N)cc1[N+](=O)[O-]. The van der Waals surface area contributed by atoms with Crippen molar-refractivity contribution in [1.29, 1.82) is 5.41 Å². The van der Waals surface area contributed by atoms with Crippen molar-refractivity contribution in [1.82, 2.24) is 0 Å². The molecule has 0 atom stereocenters. The highest BCUT2D eigenvalue weighted by molar-refractivity contribution is 5.89. The zero-order valence-electron chi connectivity index (χ0n) is 10.1. The Balaban J connectivity index is 3.42. The van der Waals surface area contributed by atoms with Gasteiger partial charge in [-0.2, -0.15) is 0 Å².